The molecule has 0 saturated carbocycles. The number of methoxy groups -OCH3 is 1. The molecule has 7 nitrogen and oxygen atoms in total. The van der Waals surface area contributed by atoms with Gasteiger partial charge in [-0.1, -0.05) is 0 Å². The standard InChI is InChI=1S/C15H22N4O3/c1-21-14-10-12(11-17-18-15(16)20)4-5-13(14)22-9-8-19-6-2-3-7-19/h4-5,10-11H,2-3,6-9H2,1H3,(H3,16,18,20). The molecule has 3 N–H and O–H groups in total. The number of carbonyl (C=O) groups is 1. The summed E-state index contributed by atoms with van der Waals surface area (Å²) in [6.07, 6.45) is 4.04. The molecule has 0 aromatic heterocycles. The van der Waals surface area contributed by atoms with Crippen LogP contribution in [0.4, 0.5) is 4.79 Å². The lowest BCUT2D eigenvalue weighted by Gasteiger charge is -2.16. The van der Waals surface area contributed by atoms with Crippen molar-refractivity contribution in [2.75, 3.05) is 33.4 Å². The number of hydrazone groups is 1. The Bertz CT molecular complexity index is 528. The van der Waals surface area contributed by atoms with Gasteiger partial charge < -0.3 is 15.2 Å². The number of nitrogens with one attached hydrogen (secondary N) is 1. The molecule has 2 amide bonds. The van der Waals surface area contributed by atoms with Crippen molar-refractivity contribution >= 4 is 12.2 Å². The summed E-state index contributed by atoms with van der Waals surface area (Å²) in [7, 11) is 1.59. The molecule has 1 fully saturated rings. The van der Waals surface area contributed by atoms with Crippen LogP contribution in [0.15, 0.2) is 23.3 Å². The topological polar surface area (TPSA) is 89.2 Å². The molecule has 0 aliphatic carbocycles. The van der Waals surface area contributed by atoms with Gasteiger partial charge in [0.05, 0.1) is 13.3 Å². The van der Waals surface area contributed by atoms with Crippen molar-refractivity contribution in [3.63, 3.8) is 0 Å². The first kappa shape index (κ1) is 16.1. The van der Waals surface area contributed by atoms with Crippen molar-refractivity contribution < 1.29 is 14.3 Å². The fraction of sp³-hybridized carbons (Fsp3) is 0.467. The van der Waals surface area contributed by atoms with E-state index >= 15 is 0 Å². The van der Waals surface area contributed by atoms with E-state index in [2.05, 4.69) is 15.4 Å². The first-order valence-electron chi connectivity index (χ1n) is 7.31. The highest BCUT2D eigenvalue weighted by atomic mass is 16.5. The maximum atomic E-state index is 10.5. The molecule has 0 bridgehead atoms. The van der Waals surface area contributed by atoms with Crippen LogP contribution >= 0.6 is 0 Å². The van der Waals surface area contributed by atoms with Gasteiger partial charge in [-0.2, -0.15) is 5.10 Å². The second-order valence-electron chi connectivity index (χ2n) is 5.04. The van der Waals surface area contributed by atoms with Gasteiger partial charge >= 0.3 is 6.03 Å². The number of hydrogen-bond acceptors (Lipinski definition) is 5. The highest BCUT2D eigenvalue weighted by Gasteiger charge is 2.11. The van der Waals surface area contributed by atoms with Gasteiger partial charge in [-0.3, -0.25) is 4.90 Å². The van der Waals surface area contributed by atoms with Gasteiger partial charge in [-0.15, -0.1) is 0 Å². The fourth-order valence-corrected chi connectivity index (χ4v) is 2.35. The average Bonchev–Trinajstić information content (AvgIpc) is 3.01. The van der Waals surface area contributed by atoms with E-state index < -0.39 is 6.03 Å². The molecule has 1 aromatic carbocycles. The van der Waals surface area contributed by atoms with E-state index in [0.717, 1.165) is 25.2 Å². The SMILES string of the molecule is COc1cc(C=NNC(N)=O)ccc1OCCN1CCCC1. The van der Waals surface area contributed by atoms with E-state index in [0.29, 0.717) is 18.1 Å². The lowest BCUT2D eigenvalue weighted by Crippen LogP contribution is -2.25. The molecule has 0 atom stereocenters. The highest BCUT2D eigenvalue weighted by Crippen LogP contribution is 2.27. The van der Waals surface area contributed by atoms with E-state index in [4.69, 9.17) is 15.2 Å². The van der Waals surface area contributed by atoms with Crippen LogP contribution in [0.3, 0.4) is 0 Å². The van der Waals surface area contributed by atoms with Gasteiger partial charge in [0, 0.05) is 6.54 Å². The van der Waals surface area contributed by atoms with Crippen LogP contribution in [0.1, 0.15) is 18.4 Å². The fourth-order valence-electron chi connectivity index (χ4n) is 2.35. The first-order chi connectivity index (χ1) is 10.7. The van der Waals surface area contributed by atoms with Crippen LogP contribution in [-0.2, 0) is 0 Å². The predicted octanol–water partition coefficient (Wildman–Crippen LogP) is 1.17. The molecule has 1 aliphatic heterocycles. The smallest absolute Gasteiger partial charge is 0.332 e. The molecule has 7 heteroatoms. The van der Waals surface area contributed by atoms with Crippen LogP contribution in [0.5, 0.6) is 11.5 Å². The van der Waals surface area contributed by atoms with Crippen molar-refractivity contribution in [2.24, 2.45) is 10.8 Å². The monoisotopic (exact) mass is 306 g/mol. The maximum absolute atomic E-state index is 10.5. The molecule has 1 heterocycles. The molecule has 0 radical (unpaired) electrons. The third-order valence-corrected chi connectivity index (χ3v) is 3.44. The van der Waals surface area contributed by atoms with E-state index in [1.807, 2.05) is 12.1 Å². The zero-order chi connectivity index (χ0) is 15.8. The van der Waals surface area contributed by atoms with Gasteiger partial charge in [-0.05, 0) is 49.7 Å². The van der Waals surface area contributed by atoms with Gasteiger partial charge in [-0.25, -0.2) is 10.2 Å². The Balaban J connectivity index is 1.90. The third-order valence-electron chi connectivity index (χ3n) is 3.44. The molecule has 2 rings (SSSR count). The number of nitrogens with two attached hydrogens (primary N) is 1. The van der Waals surface area contributed by atoms with Crippen LogP contribution in [0.2, 0.25) is 0 Å². The third kappa shape index (κ3) is 4.92. The van der Waals surface area contributed by atoms with Crippen LogP contribution in [0, 0.1) is 0 Å². The highest BCUT2D eigenvalue weighted by molar-refractivity contribution is 5.82. The van der Waals surface area contributed by atoms with Crippen molar-refractivity contribution in [1.29, 1.82) is 0 Å². The number of ether oxygens (including phenoxy) is 2. The summed E-state index contributed by atoms with van der Waals surface area (Å²) in [6, 6.07) is 4.75. The van der Waals surface area contributed by atoms with Crippen molar-refractivity contribution in [1.82, 2.24) is 10.3 Å². The molecule has 22 heavy (non-hydrogen) atoms. The van der Waals surface area contributed by atoms with E-state index in [1.54, 1.807) is 13.2 Å². The second kappa shape index (κ2) is 8.23. The Labute approximate surface area is 130 Å². The summed E-state index contributed by atoms with van der Waals surface area (Å²) in [6.45, 7) is 3.87. The maximum Gasteiger partial charge on any atom is 0.332 e. The lowest BCUT2D eigenvalue weighted by molar-refractivity contribution is 0.230. The largest absolute Gasteiger partial charge is 0.493 e. The first-order valence-corrected chi connectivity index (χ1v) is 7.31. The van der Waals surface area contributed by atoms with Gasteiger partial charge in [0.2, 0.25) is 0 Å². The van der Waals surface area contributed by atoms with Gasteiger partial charge in [0.1, 0.15) is 6.61 Å². The molecule has 0 unspecified atom stereocenters. The van der Waals surface area contributed by atoms with Crippen molar-refractivity contribution in [2.45, 2.75) is 12.8 Å². The summed E-state index contributed by atoms with van der Waals surface area (Å²) in [4.78, 5) is 12.9. The summed E-state index contributed by atoms with van der Waals surface area (Å²) in [5.74, 6) is 1.33. The molecule has 1 aliphatic rings. The summed E-state index contributed by atoms with van der Waals surface area (Å²) >= 11 is 0. The van der Waals surface area contributed by atoms with Crippen molar-refractivity contribution in [3.8, 4) is 11.5 Å². The minimum atomic E-state index is -0.704. The van der Waals surface area contributed by atoms with Crippen LogP contribution < -0.4 is 20.6 Å². The number of carbonyl (C=O) groups excluding carboxylic acids is 1. The minimum Gasteiger partial charge on any atom is -0.493 e. The average molecular weight is 306 g/mol. The zero-order valence-electron chi connectivity index (χ0n) is 12.7. The summed E-state index contributed by atoms with van der Waals surface area (Å²) in [5.41, 5.74) is 7.85. The number of nitrogens with zero attached hydrogens (tertiary/aromatic N) is 2. The lowest BCUT2D eigenvalue weighted by atomic mass is 10.2. The normalized spacial score (nSPS) is 15.1. The second-order valence-corrected chi connectivity index (χ2v) is 5.04. The molecular formula is C15H22N4O3. The quantitative estimate of drug-likeness (QED) is 0.584. The Morgan fingerprint density at radius 1 is 1.41 bits per heavy atom. The molecular weight excluding hydrogens is 284 g/mol. The summed E-state index contributed by atoms with van der Waals surface area (Å²) < 4.78 is 11.1. The Kier molecular flexibility index (Phi) is 6.02. The van der Waals surface area contributed by atoms with Crippen molar-refractivity contribution in [3.05, 3.63) is 23.8 Å². The number of primary amides is 1. The zero-order valence-corrected chi connectivity index (χ0v) is 12.7. The molecule has 1 aromatic rings. The molecule has 0 spiro atoms. The molecule has 1 saturated heterocycles. The number of benzene rings is 1. The Morgan fingerprint density at radius 2 is 2.18 bits per heavy atom. The van der Waals surface area contributed by atoms with Crippen LogP contribution in [0.25, 0.3) is 0 Å². The van der Waals surface area contributed by atoms with E-state index in [9.17, 15) is 4.79 Å². The number of urea groups is 1. The van der Waals surface area contributed by atoms with E-state index in [1.165, 1.54) is 19.1 Å². The Morgan fingerprint density at radius 3 is 2.86 bits per heavy atom. The predicted molar refractivity (Wildman–Crippen MR) is 84.5 cm³/mol. The number of hydrogen-bond donors (Lipinski definition) is 2. The Hall–Kier alpha value is -2.28. The van der Waals surface area contributed by atoms with Gasteiger partial charge in [0.15, 0.2) is 11.5 Å². The number of likely N-dealkylation sites (tertiary alicyclic amines) is 1. The van der Waals surface area contributed by atoms with Gasteiger partial charge in [0.25, 0.3) is 0 Å². The van der Waals surface area contributed by atoms with E-state index in [-0.39, 0.29) is 0 Å². The minimum absolute atomic E-state index is 0.629. The summed E-state index contributed by atoms with van der Waals surface area (Å²) in [5, 5.41) is 3.71. The van der Waals surface area contributed by atoms with Crippen LogP contribution in [-0.4, -0.2) is 50.5 Å². The molecule has 120 valence electrons. The number of amides is 2. The number of rotatable bonds is 7.